The topological polar surface area (TPSA) is 75.4 Å². The minimum absolute atomic E-state index is 0.271. The minimum atomic E-state index is -3.43. The van der Waals surface area contributed by atoms with E-state index in [0.717, 1.165) is 12.1 Å². The van der Waals surface area contributed by atoms with Crippen molar-refractivity contribution in [3.63, 3.8) is 0 Å². The van der Waals surface area contributed by atoms with E-state index in [4.69, 9.17) is 5.73 Å². The van der Waals surface area contributed by atoms with Gasteiger partial charge in [0.25, 0.3) is 0 Å². The van der Waals surface area contributed by atoms with Crippen molar-refractivity contribution >= 4 is 21.4 Å². The monoisotopic (exact) mass is 311 g/mol. The minimum Gasteiger partial charge on any atom is -0.397 e. The van der Waals surface area contributed by atoms with Crippen LogP contribution in [-0.4, -0.2) is 32.9 Å². The average Bonchev–Trinajstić information content (AvgIpc) is 2.43. The third-order valence-corrected chi connectivity index (χ3v) is 6.07. The Balaban J connectivity index is 2.27. The number of benzene rings is 1. The van der Waals surface area contributed by atoms with Crippen LogP contribution in [0.5, 0.6) is 0 Å². The lowest BCUT2D eigenvalue weighted by molar-refractivity contribution is 0.349. The summed E-state index contributed by atoms with van der Waals surface area (Å²) in [7, 11) is -0.373. The smallest absolute Gasteiger partial charge is 0.242 e. The van der Waals surface area contributed by atoms with Crippen molar-refractivity contribution in [1.82, 2.24) is 4.31 Å². The van der Waals surface area contributed by atoms with Gasteiger partial charge < -0.3 is 11.1 Å². The number of nitrogens with two attached hydrogens (primary N) is 1. The summed E-state index contributed by atoms with van der Waals surface area (Å²) in [6.45, 7) is 2.23. The summed E-state index contributed by atoms with van der Waals surface area (Å²) in [6.07, 6.45) is 4.78. The van der Waals surface area contributed by atoms with Crippen LogP contribution in [-0.2, 0) is 10.0 Å². The standard InChI is InChI=1S/C15H25N3O2S/c1-11-6-4-5-7-14(11)17-15-10-12(8-9-13(15)16)21(19,20)18(2)3/h8-11,14,17H,4-7,16H2,1-3H3. The molecule has 0 aromatic heterocycles. The molecule has 0 amide bonds. The number of anilines is 2. The van der Waals surface area contributed by atoms with E-state index in [1.165, 1.54) is 37.7 Å². The van der Waals surface area contributed by atoms with Crippen molar-refractivity contribution < 1.29 is 8.42 Å². The van der Waals surface area contributed by atoms with Gasteiger partial charge in [-0.15, -0.1) is 0 Å². The second kappa shape index (κ2) is 6.23. The van der Waals surface area contributed by atoms with Gasteiger partial charge in [-0.3, -0.25) is 0 Å². The third kappa shape index (κ3) is 3.49. The maximum absolute atomic E-state index is 12.2. The number of sulfonamides is 1. The summed E-state index contributed by atoms with van der Waals surface area (Å²) >= 11 is 0. The molecule has 0 heterocycles. The molecule has 2 rings (SSSR count). The zero-order chi connectivity index (χ0) is 15.6. The highest BCUT2D eigenvalue weighted by atomic mass is 32.2. The Morgan fingerprint density at radius 3 is 2.52 bits per heavy atom. The van der Waals surface area contributed by atoms with Gasteiger partial charge in [0, 0.05) is 20.1 Å². The predicted molar refractivity (Wildman–Crippen MR) is 86.8 cm³/mol. The second-order valence-electron chi connectivity index (χ2n) is 6.05. The highest BCUT2D eigenvalue weighted by Gasteiger charge is 2.23. The summed E-state index contributed by atoms with van der Waals surface area (Å²) in [5.41, 5.74) is 7.31. The Labute approximate surface area is 127 Å². The predicted octanol–water partition coefficient (Wildman–Crippen LogP) is 2.51. The summed E-state index contributed by atoms with van der Waals surface area (Å²) in [5, 5.41) is 3.44. The quantitative estimate of drug-likeness (QED) is 0.838. The van der Waals surface area contributed by atoms with Gasteiger partial charge in [-0.1, -0.05) is 19.8 Å². The second-order valence-corrected chi connectivity index (χ2v) is 8.20. The maximum atomic E-state index is 12.2. The van der Waals surface area contributed by atoms with Crippen LogP contribution in [0.15, 0.2) is 23.1 Å². The molecule has 5 nitrogen and oxygen atoms in total. The fourth-order valence-corrected chi connectivity index (χ4v) is 3.69. The number of hydrogen-bond donors (Lipinski definition) is 2. The van der Waals surface area contributed by atoms with Crippen molar-refractivity contribution in [2.75, 3.05) is 25.1 Å². The number of hydrogen-bond acceptors (Lipinski definition) is 4. The SMILES string of the molecule is CC1CCCCC1Nc1cc(S(=O)(=O)N(C)C)ccc1N. The first-order valence-electron chi connectivity index (χ1n) is 7.41. The third-order valence-electron chi connectivity index (χ3n) is 4.26. The van der Waals surface area contributed by atoms with Crippen molar-refractivity contribution in [3.05, 3.63) is 18.2 Å². The zero-order valence-corrected chi connectivity index (χ0v) is 13.8. The van der Waals surface area contributed by atoms with Gasteiger partial charge in [0.2, 0.25) is 10.0 Å². The molecule has 0 spiro atoms. The lowest BCUT2D eigenvalue weighted by Crippen LogP contribution is -2.30. The van der Waals surface area contributed by atoms with Crippen LogP contribution in [0.25, 0.3) is 0 Å². The highest BCUT2D eigenvalue weighted by molar-refractivity contribution is 7.89. The molecule has 0 bridgehead atoms. The lowest BCUT2D eigenvalue weighted by Gasteiger charge is -2.31. The summed E-state index contributed by atoms with van der Waals surface area (Å²) in [5.74, 6) is 0.576. The Kier molecular flexibility index (Phi) is 4.78. The molecule has 21 heavy (non-hydrogen) atoms. The zero-order valence-electron chi connectivity index (χ0n) is 13.0. The Bertz CT molecular complexity index is 599. The summed E-state index contributed by atoms with van der Waals surface area (Å²) < 4.78 is 25.6. The first-order valence-corrected chi connectivity index (χ1v) is 8.85. The highest BCUT2D eigenvalue weighted by Crippen LogP contribution is 2.30. The van der Waals surface area contributed by atoms with E-state index in [9.17, 15) is 8.42 Å². The molecule has 6 heteroatoms. The number of nitrogens with one attached hydrogen (secondary N) is 1. The fraction of sp³-hybridized carbons (Fsp3) is 0.600. The molecule has 118 valence electrons. The molecular formula is C15H25N3O2S. The molecule has 1 aliphatic rings. The summed E-state index contributed by atoms with van der Waals surface area (Å²) in [6, 6.07) is 5.22. The van der Waals surface area contributed by atoms with Crippen LogP contribution in [0.4, 0.5) is 11.4 Å². The van der Waals surface area contributed by atoms with Crippen LogP contribution >= 0.6 is 0 Å². The van der Waals surface area contributed by atoms with E-state index in [2.05, 4.69) is 12.2 Å². The summed E-state index contributed by atoms with van der Waals surface area (Å²) in [4.78, 5) is 0.271. The molecule has 1 aromatic carbocycles. The number of nitrogen functional groups attached to an aromatic ring is 1. The van der Waals surface area contributed by atoms with Gasteiger partial charge in [-0.05, 0) is 37.0 Å². The van der Waals surface area contributed by atoms with E-state index in [-0.39, 0.29) is 4.90 Å². The van der Waals surface area contributed by atoms with E-state index in [0.29, 0.717) is 17.6 Å². The van der Waals surface area contributed by atoms with Crippen molar-refractivity contribution in [1.29, 1.82) is 0 Å². The molecule has 1 aliphatic carbocycles. The van der Waals surface area contributed by atoms with Crippen LogP contribution in [0.2, 0.25) is 0 Å². The van der Waals surface area contributed by atoms with Gasteiger partial charge in [-0.25, -0.2) is 12.7 Å². The first-order chi connectivity index (χ1) is 9.82. The van der Waals surface area contributed by atoms with Gasteiger partial charge >= 0.3 is 0 Å². The Morgan fingerprint density at radius 2 is 1.90 bits per heavy atom. The maximum Gasteiger partial charge on any atom is 0.242 e. The van der Waals surface area contributed by atoms with Crippen LogP contribution in [0.3, 0.4) is 0 Å². The van der Waals surface area contributed by atoms with E-state index < -0.39 is 10.0 Å². The van der Waals surface area contributed by atoms with Crippen LogP contribution < -0.4 is 11.1 Å². The average molecular weight is 311 g/mol. The van der Waals surface area contributed by atoms with Gasteiger partial charge in [0.05, 0.1) is 16.3 Å². The fourth-order valence-electron chi connectivity index (χ4n) is 2.76. The molecule has 1 fully saturated rings. The van der Waals surface area contributed by atoms with E-state index in [1.807, 2.05) is 0 Å². The van der Waals surface area contributed by atoms with Crippen molar-refractivity contribution in [2.24, 2.45) is 5.92 Å². The Morgan fingerprint density at radius 1 is 1.24 bits per heavy atom. The largest absolute Gasteiger partial charge is 0.397 e. The van der Waals surface area contributed by atoms with Gasteiger partial charge in [-0.2, -0.15) is 0 Å². The van der Waals surface area contributed by atoms with Crippen LogP contribution in [0, 0.1) is 5.92 Å². The Hall–Kier alpha value is -1.27. The van der Waals surface area contributed by atoms with Crippen LogP contribution in [0.1, 0.15) is 32.6 Å². The molecule has 1 saturated carbocycles. The molecule has 3 N–H and O–H groups in total. The number of nitrogens with zero attached hydrogens (tertiary/aromatic N) is 1. The molecule has 0 aliphatic heterocycles. The van der Waals surface area contributed by atoms with Gasteiger partial charge in [0.1, 0.15) is 0 Å². The van der Waals surface area contributed by atoms with E-state index in [1.54, 1.807) is 18.2 Å². The molecule has 0 saturated heterocycles. The normalized spacial score (nSPS) is 23.2. The molecular weight excluding hydrogens is 286 g/mol. The van der Waals surface area contributed by atoms with Crippen molar-refractivity contribution in [2.45, 2.75) is 43.5 Å². The number of rotatable bonds is 4. The molecule has 1 aromatic rings. The van der Waals surface area contributed by atoms with Gasteiger partial charge in [0.15, 0.2) is 0 Å². The van der Waals surface area contributed by atoms with Crippen molar-refractivity contribution in [3.8, 4) is 0 Å². The van der Waals surface area contributed by atoms with E-state index >= 15 is 0 Å². The molecule has 0 radical (unpaired) electrons. The molecule has 2 atom stereocenters. The first kappa shape index (κ1) is 16.1. The molecule has 2 unspecified atom stereocenters. The lowest BCUT2D eigenvalue weighted by atomic mass is 9.86.